The average molecular weight is 326 g/mol. The lowest BCUT2D eigenvalue weighted by atomic mass is 10.1. The van der Waals surface area contributed by atoms with Crippen LogP contribution in [0.15, 0.2) is 4.99 Å². The molecule has 2 unspecified atom stereocenters. The third-order valence-electron chi connectivity index (χ3n) is 4.17. The van der Waals surface area contributed by atoms with Crippen LogP contribution in [0.5, 0.6) is 0 Å². The van der Waals surface area contributed by atoms with Crippen LogP contribution in [0.2, 0.25) is 0 Å². The molecule has 7 nitrogen and oxygen atoms in total. The second-order valence-electron chi connectivity index (χ2n) is 6.26. The van der Waals surface area contributed by atoms with Gasteiger partial charge in [-0.3, -0.25) is 4.79 Å². The van der Waals surface area contributed by atoms with Gasteiger partial charge in [0, 0.05) is 40.3 Å². The summed E-state index contributed by atoms with van der Waals surface area (Å²) in [4.78, 5) is 20.1. The molecule has 2 aliphatic heterocycles. The minimum Gasteiger partial charge on any atom is -0.375 e. The summed E-state index contributed by atoms with van der Waals surface area (Å²) in [5, 5.41) is 3.35. The maximum absolute atomic E-state index is 11.8. The number of rotatable bonds is 5. The first-order valence-corrected chi connectivity index (χ1v) is 8.58. The first-order valence-electron chi connectivity index (χ1n) is 8.58. The first-order chi connectivity index (χ1) is 11.1. The van der Waals surface area contributed by atoms with Gasteiger partial charge in [0.1, 0.15) is 12.6 Å². The molecule has 2 rings (SSSR count). The molecule has 2 fully saturated rings. The molecule has 0 aromatic rings. The zero-order valence-electron chi connectivity index (χ0n) is 14.6. The molecule has 2 atom stereocenters. The number of guanidine groups is 1. The third-order valence-corrected chi connectivity index (χ3v) is 4.17. The van der Waals surface area contributed by atoms with Crippen LogP contribution in [-0.4, -0.2) is 87.4 Å². The van der Waals surface area contributed by atoms with Gasteiger partial charge in [0.25, 0.3) is 0 Å². The van der Waals surface area contributed by atoms with Crippen molar-refractivity contribution in [3.8, 4) is 0 Å². The summed E-state index contributed by atoms with van der Waals surface area (Å²) in [6, 6.07) is 0. The van der Waals surface area contributed by atoms with E-state index < -0.39 is 0 Å². The van der Waals surface area contributed by atoms with E-state index in [-0.39, 0.29) is 24.7 Å². The maximum Gasteiger partial charge on any atom is 0.243 e. The van der Waals surface area contributed by atoms with Crippen molar-refractivity contribution in [1.82, 2.24) is 15.1 Å². The van der Waals surface area contributed by atoms with Gasteiger partial charge in [0.2, 0.25) is 5.91 Å². The lowest BCUT2D eigenvalue weighted by Crippen LogP contribution is -2.53. The number of carbonyl (C=O) groups is 1. The second-order valence-corrected chi connectivity index (χ2v) is 6.26. The number of amides is 1. The predicted octanol–water partition coefficient (Wildman–Crippen LogP) is 0.310. The number of hydrogen-bond acceptors (Lipinski definition) is 4. The minimum atomic E-state index is 0.00438. The van der Waals surface area contributed by atoms with Crippen molar-refractivity contribution in [2.75, 3.05) is 53.5 Å². The van der Waals surface area contributed by atoms with Gasteiger partial charge in [0.15, 0.2) is 5.96 Å². The molecule has 0 saturated carbocycles. The molecule has 7 heteroatoms. The Balaban J connectivity index is 1.98. The Bertz CT molecular complexity index is 408. The zero-order chi connectivity index (χ0) is 16.7. The largest absolute Gasteiger partial charge is 0.375 e. The highest BCUT2D eigenvalue weighted by Crippen LogP contribution is 2.21. The number of hydrogen-bond donors (Lipinski definition) is 1. The van der Waals surface area contributed by atoms with E-state index in [0.717, 1.165) is 51.5 Å². The molecule has 0 bridgehead atoms. The van der Waals surface area contributed by atoms with Crippen molar-refractivity contribution < 1.29 is 14.3 Å². The Morgan fingerprint density at radius 2 is 2.09 bits per heavy atom. The lowest BCUT2D eigenvalue weighted by molar-refractivity contribution is -0.127. The Morgan fingerprint density at radius 3 is 2.74 bits per heavy atom. The van der Waals surface area contributed by atoms with Gasteiger partial charge in [-0.2, -0.15) is 0 Å². The van der Waals surface area contributed by atoms with Crippen molar-refractivity contribution in [3.05, 3.63) is 0 Å². The van der Waals surface area contributed by atoms with Gasteiger partial charge >= 0.3 is 0 Å². The smallest absolute Gasteiger partial charge is 0.243 e. The molecular formula is C16H30N4O3. The number of nitrogens with one attached hydrogen (secondary N) is 1. The fourth-order valence-electron chi connectivity index (χ4n) is 2.78. The topological polar surface area (TPSA) is 66.4 Å². The molecule has 0 aliphatic carbocycles. The Labute approximate surface area is 139 Å². The molecule has 2 heterocycles. The van der Waals surface area contributed by atoms with E-state index in [9.17, 15) is 4.79 Å². The highest BCUT2D eigenvalue weighted by Gasteiger charge is 2.32. The predicted molar refractivity (Wildman–Crippen MR) is 89.6 cm³/mol. The fourth-order valence-corrected chi connectivity index (χ4v) is 2.78. The Hall–Kier alpha value is -1.34. The van der Waals surface area contributed by atoms with Crippen LogP contribution in [0, 0.1) is 0 Å². The lowest BCUT2D eigenvalue weighted by Gasteiger charge is -2.37. The van der Waals surface area contributed by atoms with Crippen molar-refractivity contribution in [3.63, 3.8) is 0 Å². The van der Waals surface area contributed by atoms with E-state index >= 15 is 0 Å². The number of nitrogens with zero attached hydrogens (tertiary/aromatic N) is 3. The fraction of sp³-hybridized carbons (Fsp3) is 0.875. The van der Waals surface area contributed by atoms with E-state index in [4.69, 9.17) is 9.47 Å². The average Bonchev–Trinajstić information content (AvgIpc) is 3.09. The van der Waals surface area contributed by atoms with Gasteiger partial charge < -0.3 is 24.6 Å². The zero-order valence-corrected chi connectivity index (χ0v) is 14.6. The summed E-state index contributed by atoms with van der Waals surface area (Å²) < 4.78 is 11.6. The Morgan fingerprint density at radius 1 is 1.30 bits per heavy atom. The number of likely N-dealkylation sites (N-methyl/N-ethyl adjacent to an activating group) is 1. The molecule has 0 radical (unpaired) electrons. The van der Waals surface area contributed by atoms with E-state index in [2.05, 4.69) is 22.1 Å². The molecule has 2 saturated heterocycles. The number of aliphatic imine (C=N–C) groups is 1. The molecule has 1 N–H and O–H groups in total. The van der Waals surface area contributed by atoms with Gasteiger partial charge in [-0.05, 0) is 19.3 Å². The molecule has 0 aromatic heterocycles. The molecule has 1 amide bonds. The molecule has 132 valence electrons. The summed E-state index contributed by atoms with van der Waals surface area (Å²) >= 11 is 0. The van der Waals surface area contributed by atoms with Crippen LogP contribution in [-0.2, 0) is 14.3 Å². The van der Waals surface area contributed by atoms with Crippen LogP contribution >= 0.6 is 0 Å². The molecule has 0 aromatic carbocycles. The summed E-state index contributed by atoms with van der Waals surface area (Å²) in [7, 11) is 3.50. The minimum absolute atomic E-state index is 0.00438. The summed E-state index contributed by atoms with van der Waals surface area (Å²) in [6.07, 6.45) is 3.46. The van der Waals surface area contributed by atoms with Crippen molar-refractivity contribution in [2.45, 2.75) is 38.4 Å². The van der Waals surface area contributed by atoms with E-state index in [1.165, 1.54) is 0 Å². The van der Waals surface area contributed by atoms with Gasteiger partial charge in [-0.15, -0.1) is 0 Å². The molecule has 23 heavy (non-hydrogen) atoms. The van der Waals surface area contributed by atoms with E-state index in [0.29, 0.717) is 6.61 Å². The highest BCUT2D eigenvalue weighted by molar-refractivity contribution is 5.84. The van der Waals surface area contributed by atoms with E-state index in [1.807, 2.05) is 0 Å². The molecule has 2 aliphatic rings. The second kappa shape index (κ2) is 9.08. The maximum atomic E-state index is 11.8. The highest BCUT2D eigenvalue weighted by atomic mass is 16.5. The molecule has 0 spiro atoms. The summed E-state index contributed by atoms with van der Waals surface area (Å²) in [5.74, 6) is 0.804. The van der Waals surface area contributed by atoms with Crippen LogP contribution in [0.25, 0.3) is 0 Å². The monoisotopic (exact) mass is 326 g/mol. The molecular weight excluding hydrogens is 296 g/mol. The normalized spacial score (nSPS) is 25.5. The van der Waals surface area contributed by atoms with Crippen molar-refractivity contribution in [2.24, 2.45) is 4.99 Å². The van der Waals surface area contributed by atoms with Crippen molar-refractivity contribution >= 4 is 11.9 Å². The van der Waals surface area contributed by atoms with Crippen molar-refractivity contribution in [1.29, 1.82) is 0 Å². The van der Waals surface area contributed by atoms with Crippen LogP contribution in [0.3, 0.4) is 0 Å². The quantitative estimate of drug-likeness (QED) is 0.582. The first kappa shape index (κ1) is 18.0. The van der Waals surface area contributed by atoms with Crippen LogP contribution in [0.4, 0.5) is 0 Å². The Kier molecular flexibility index (Phi) is 7.11. The van der Waals surface area contributed by atoms with Gasteiger partial charge in [-0.1, -0.05) is 6.92 Å². The third kappa shape index (κ3) is 5.35. The number of morpholine rings is 1. The standard InChI is InChI=1S/C16H30N4O3/c1-4-7-17-16(18-11-15(21)19(2)3)20-8-10-23-14(12-20)13-6-5-9-22-13/h13-14H,4-12H2,1-3H3,(H,17,18). The van der Waals surface area contributed by atoms with Crippen LogP contribution < -0.4 is 5.32 Å². The summed E-state index contributed by atoms with van der Waals surface area (Å²) in [5.41, 5.74) is 0. The van der Waals surface area contributed by atoms with E-state index in [1.54, 1.807) is 19.0 Å². The number of ether oxygens (including phenoxy) is 2. The SMILES string of the molecule is CCCNC(=NCC(=O)N(C)C)N1CCOC(C2CCCO2)C1. The van der Waals surface area contributed by atoms with Gasteiger partial charge in [-0.25, -0.2) is 4.99 Å². The van der Waals surface area contributed by atoms with Crippen LogP contribution in [0.1, 0.15) is 26.2 Å². The van der Waals surface area contributed by atoms with Gasteiger partial charge in [0.05, 0.1) is 12.7 Å². The number of carbonyl (C=O) groups excluding carboxylic acids is 1. The summed E-state index contributed by atoms with van der Waals surface area (Å²) in [6.45, 7) is 6.17.